The lowest BCUT2D eigenvalue weighted by Crippen LogP contribution is -2.26. The summed E-state index contributed by atoms with van der Waals surface area (Å²) >= 11 is 0. The summed E-state index contributed by atoms with van der Waals surface area (Å²) in [4.78, 5) is 25.0. The summed E-state index contributed by atoms with van der Waals surface area (Å²) < 4.78 is 0. The van der Waals surface area contributed by atoms with Gasteiger partial charge in [-0.25, -0.2) is 0 Å². The second kappa shape index (κ2) is 8.53. The van der Waals surface area contributed by atoms with Crippen molar-refractivity contribution in [1.29, 1.82) is 0 Å². The van der Waals surface area contributed by atoms with Gasteiger partial charge >= 0.3 is 0 Å². The van der Waals surface area contributed by atoms with Crippen molar-refractivity contribution < 1.29 is 9.59 Å². The molecular weight excluding hydrogens is 348 g/mol. The highest BCUT2D eigenvalue weighted by Crippen LogP contribution is 2.18. The Bertz CT molecular complexity index is 979. The molecule has 0 aromatic heterocycles. The highest BCUT2D eigenvalue weighted by Gasteiger charge is 2.13. The number of carbonyl (C=O) groups is 2. The second-order valence-electron chi connectivity index (χ2n) is 6.96. The van der Waals surface area contributed by atoms with Gasteiger partial charge in [-0.1, -0.05) is 42.5 Å². The van der Waals surface area contributed by atoms with Crippen LogP contribution in [-0.4, -0.2) is 11.8 Å². The Balaban J connectivity index is 1.66. The predicted octanol–water partition coefficient (Wildman–Crippen LogP) is 5.05. The van der Waals surface area contributed by atoms with Gasteiger partial charge in [0.05, 0.1) is 6.04 Å². The van der Waals surface area contributed by atoms with Gasteiger partial charge in [0.25, 0.3) is 11.8 Å². The van der Waals surface area contributed by atoms with Crippen LogP contribution < -0.4 is 10.6 Å². The molecule has 0 radical (unpaired) electrons. The van der Waals surface area contributed by atoms with Crippen molar-refractivity contribution in [1.82, 2.24) is 5.32 Å². The van der Waals surface area contributed by atoms with Crippen LogP contribution in [0.25, 0.3) is 0 Å². The molecule has 4 heteroatoms. The zero-order valence-corrected chi connectivity index (χ0v) is 16.3. The summed E-state index contributed by atoms with van der Waals surface area (Å²) in [6, 6.07) is 22.3. The van der Waals surface area contributed by atoms with Crippen LogP contribution in [0.2, 0.25) is 0 Å². The topological polar surface area (TPSA) is 58.2 Å². The van der Waals surface area contributed by atoms with Gasteiger partial charge in [0.1, 0.15) is 0 Å². The Morgan fingerprint density at radius 3 is 2.04 bits per heavy atom. The van der Waals surface area contributed by atoms with Gasteiger partial charge in [-0.3, -0.25) is 9.59 Å². The van der Waals surface area contributed by atoms with Gasteiger partial charge in [-0.2, -0.15) is 0 Å². The van der Waals surface area contributed by atoms with Gasteiger partial charge in [0.15, 0.2) is 0 Å². The lowest BCUT2D eigenvalue weighted by molar-refractivity contribution is 0.0938. The van der Waals surface area contributed by atoms with E-state index in [0.29, 0.717) is 11.1 Å². The summed E-state index contributed by atoms with van der Waals surface area (Å²) in [6.45, 7) is 5.88. The lowest BCUT2D eigenvalue weighted by Gasteiger charge is -2.14. The third-order valence-corrected chi connectivity index (χ3v) is 4.70. The molecule has 4 nitrogen and oxygen atoms in total. The van der Waals surface area contributed by atoms with E-state index in [1.165, 1.54) is 0 Å². The van der Waals surface area contributed by atoms with Crippen LogP contribution in [0.5, 0.6) is 0 Å². The first-order valence-corrected chi connectivity index (χ1v) is 9.28. The van der Waals surface area contributed by atoms with Crippen LogP contribution >= 0.6 is 0 Å². The second-order valence-corrected chi connectivity index (χ2v) is 6.96. The third kappa shape index (κ3) is 4.65. The largest absolute Gasteiger partial charge is 0.346 e. The maximum absolute atomic E-state index is 12.5. The quantitative estimate of drug-likeness (QED) is 0.659. The molecule has 3 aromatic carbocycles. The molecule has 2 amide bonds. The molecule has 0 heterocycles. The first-order valence-electron chi connectivity index (χ1n) is 9.28. The van der Waals surface area contributed by atoms with Crippen LogP contribution in [0.1, 0.15) is 50.4 Å². The van der Waals surface area contributed by atoms with Gasteiger partial charge < -0.3 is 10.6 Å². The van der Waals surface area contributed by atoms with Crippen LogP contribution in [0.15, 0.2) is 72.8 Å². The number of nitrogens with one attached hydrogen (secondary N) is 2. The maximum atomic E-state index is 12.5. The standard InChI is InChI=1S/C24H24N2O2/c1-16-9-10-17(2)22(15-16)26-24(28)21-13-11-20(12-14-21)23(27)25-18(3)19-7-5-4-6-8-19/h4-15,18H,1-3H3,(H,25,27)(H,26,28). The van der Waals surface area contributed by atoms with E-state index in [1.54, 1.807) is 24.3 Å². The molecule has 0 spiro atoms. The summed E-state index contributed by atoms with van der Waals surface area (Å²) in [7, 11) is 0. The molecule has 0 aliphatic carbocycles. The monoisotopic (exact) mass is 372 g/mol. The van der Waals surface area contributed by atoms with Crippen molar-refractivity contribution in [3.05, 3.63) is 101 Å². The molecule has 3 rings (SSSR count). The third-order valence-electron chi connectivity index (χ3n) is 4.70. The van der Waals surface area contributed by atoms with E-state index < -0.39 is 0 Å². The molecule has 3 aromatic rings. The summed E-state index contributed by atoms with van der Waals surface area (Å²) in [5.74, 6) is -0.365. The van der Waals surface area contributed by atoms with Crippen LogP contribution in [0, 0.1) is 13.8 Å². The van der Waals surface area contributed by atoms with Crippen LogP contribution in [-0.2, 0) is 0 Å². The zero-order valence-electron chi connectivity index (χ0n) is 16.3. The van der Waals surface area contributed by atoms with Crippen molar-refractivity contribution in [2.75, 3.05) is 5.32 Å². The fourth-order valence-electron chi connectivity index (χ4n) is 2.94. The summed E-state index contributed by atoms with van der Waals surface area (Å²) in [5, 5.41) is 5.91. The number of anilines is 1. The van der Waals surface area contributed by atoms with E-state index in [1.807, 2.05) is 69.3 Å². The van der Waals surface area contributed by atoms with Crippen molar-refractivity contribution in [3.63, 3.8) is 0 Å². The van der Waals surface area contributed by atoms with Crippen molar-refractivity contribution in [2.45, 2.75) is 26.8 Å². The number of benzene rings is 3. The Hall–Kier alpha value is -3.40. The van der Waals surface area contributed by atoms with E-state index in [4.69, 9.17) is 0 Å². The van der Waals surface area contributed by atoms with Crippen LogP contribution in [0.3, 0.4) is 0 Å². The number of hydrogen-bond acceptors (Lipinski definition) is 2. The number of amides is 2. The fraction of sp³-hybridized carbons (Fsp3) is 0.167. The lowest BCUT2D eigenvalue weighted by atomic mass is 10.1. The first kappa shape index (κ1) is 19.4. The molecule has 2 N–H and O–H groups in total. The molecule has 0 bridgehead atoms. The average molecular weight is 372 g/mol. The summed E-state index contributed by atoms with van der Waals surface area (Å²) in [5.41, 5.74) is 4.95. The van der Waals surface area contributed by atoms with E-state index in [9.17, 15) is 9.59 Å². The van der Waals surface area contributed by atoms with Crippen molar-refractivity contribution in [2.24, 2.45) is 0 Å². The maximum Gasteiger partial charge on any atom is 0.255 e. The van der Waals surface area contributed by atoms with Crippen molar-refractivity contribution in [3.8, 4) is 0 Å². The number of hydrogen-bond donors (Lipinski definition) is 2. The number of rotatable bonds is 5. The minimum atomic E-state index is -0.196. The van der Waals surface area contributed by atoms with E-state index in [2.05, 4.69) is 10.6 Å². The SMILES string of the molecule is Cc1ccc(C)c(NC(=O)c2ccc(C(=O)NC(C)c3ccccc3)cc2)c1. The summed E-state index contributed by atoms with van der Waals surface area (Å²) in [6.07, 6.45) is 0. The number of aryl methyl sites for hydroxylation is 2. The molecule has 0 aliphatic heterocycles. The molecule has 28 heavy (non-hydrogen) atoms. The molecule has 0 saturated heterocycles. The highest BCUT2D eigenvalue weighted by molar-refractivity contribution is 6.05. The Morgan fingerprint density at radius 1 is 0.786 bits per heavy atom. The molecule has 0 fully saturated rings. The minimum absolute atomic E-state index is 0.0963. The molecule has 1 unspecified atom stereocenters. The fourth-order valence-corrected chi connectivity index (χ4v) is 2.94. The van der Waals surface area contributed by atoms with E-state index in [-0.39, 0.29) is 17.9 Å². The van der Waals surface area contributed by atoms with Gasteiger partial charge in [-0.15, -0.1) is 0 Å². The number of carbonyl (C=O) groups excluding carboxylic acids is 2. The molecular formula is C24H24N2O2. The van der Waals surface area contributed by atoms with Gasteiger partial charge in [0, 0.05) is 16.8 Å². The minimum Gasteiger partial charge on any atom is -0.346 e. The average Bonchev–Trinajstić information content (AvgIpc) is 2.71. The molecule has 0 saturated carbocycles. The normalized spacial score (nSPS) is 11.5. The Labute approximate surface area is 165 Å². The first-order chi connectivity index (χ1) is 13.4. The molecule has 0 aliphatic rings. The van der Waals surface area contributed by atoms with Crippen molar-refractivity contribution >= 4 is 17.5 Å². The molecule has 1 atom stereocenters. The Morgan fingerprint density at radius 2 is 1.39 bits per heavy atom. The molecule has 142 valence electrons. The van der Waals surface area contributed by atoms with E-state index in [0.717, 1.165) is 22.4 Å². The van der Waals surface area contributed by atoms with Crippen LogP contribution in [0.4, 0.5) is 5.69 Å². The Kier molecular flexibility index (Phi) is 5.90. The smallest absolute Gasteiger partial charge is 0.255 e. The van der Waals surface area contributed by atoms with E-state index >= 15 is 0 Å². The van der Waals surface area contributed by atoms with Gasteiger partial charge in [0.2, 0.25) is 0 Å². The van der Waals surface area contributed by atoms with Gasteiger partial charge in [-0.05, 0) is 67.8 Å². The highest BCUT2D eigenvalue weighted by atomic mass is 16.2. The predicted molar refractivity (Wildman–Crippen MR) is 113 cm³/mol. The zero-order chi connectivity index (χ0) is 20.1.